The minimum absolute atomic E-state index is 0.0492. The third kappa shape index (κ3) is 9.62. The zero-order valence-corrected chi connectivity index (χ0v) is 43.0. The molecule has 1 saturated carbocycles. The Morgan fingerprint density at radius 1 is 0.958 bits per heavy atom. The average Bonchev–Trinajstić information content (AvgIpc) is 4.19. The summed E-state index contributed by atoms with van der Waals surface area (Å²) in [6, 6.07) is 21.9. The normalized spacial score (nSPS) is 20.2. The van der Waals surface area contributed by atoms with Crippen molar-refractivity contribution in [1.29, 1.82) is 0 Å². The minimum atomic E-state index is -0.683. The summed E-state index contributed by atoms with van der Waals surface area (Å²) in [7, 11) is 0. The minimum Gasteiger partial charge on any atom is -0.490 e. The Morgan fingerprint density at radius 3 is 2.43 bits per heavy atom. The second kappa shape index (κ2) is 20.0. The summed E-state index contributed by atoms with van der Waals surface area (Å²) < 4.78 is 15.8. The molecule has 2 amide bonds. The largest absolute Gasteiger partial charge is 0.490 e. The molecule has 2 aliphatic heterocycles. The number of hydrogen-bond donors (Lipinski definition) is 3. The zero-order chi connectivity index (χ0) is 50.5. The Hall–Kier alpha value is -6.88. The van der Waals surface area contributed by atoms with E-state index in [2.05, 4.69) is 50.8 Å². The number of rotatable bonds is 15. The summed E-state index contributed by atoms with van der Waals surface area (Å²) in [6.45, 7) is 18.7. The van der Waals surface area contributed by atoms with Gasteiger partial charge in [0.2, 0.25) is 11.8 Å². The molecule has 0 radical (unpaired) electrons. The van der Waals surface area contributed by atoms with Crippen LogP contribution in [0.4, 0.5) is 0 Å². The Labute approximate surface area is 428 Å². The Kier molecular flexibility index (Phi) is 13.5. The predicted octanol–water partition coefficient (Wildman–Crippen LogP) is 9.77. The number of oxazole rings is 1. The Balaban J connectivity index is 0.762. The number of likely N-dealkylation sites (tertiary alicyclic amines) is 1. The van der Waals surface area contributed by atoms with Crippen LogP contribution in [0.1, 0.15) is 109 Å². The van der Waals surface area contributed by atoms with Crippen molar-refractivity contribution in [2.75, 3.05) is 6.54 Å². The second-order valence-corrected chi connectivity index (χ2v) is 21.3. The van der Waals surface area contributed by atoms with Crippen molar-refractivity contribution < 1.29 is 23.8 Å². The predicted molar refractivity (Wildman–Crippen MR) is 279 cm³/mol. The van der Waals surface area contributed by atoms with E-state index < -0.39 is 24.2 Å². The van der Waals surface area contributed by atoms with Crippen LogP contribution < -0.4 is 15.4 Å². The smallest absolute Gasteiger partial charge is 0.248 e. The van der Waals surface area contributed by atoms with Gasteiger partial charge in [-0.05, 0) is 81.5 Å². The highest BCUT2D eigenvalue weighted by atomic mass is 35.5. The lowest BCUT2D eigenvalue weighted by Crippen LogP contribution is -2.49. The molecule has 7 aromatic rings. The van der Waals surface area contributed by atoms with E-state index in [-0.39, 0.29) is 48.9 Å². The van der Waals surface area contributed by atoms with E-state index in [1.165, 1.54) is 11.3 Å². The van der Waals surface area contributed by atoms with Crippen LogP contribution in [0.3, 0.4) is 0 Å². The number of aromatic nitrogens is 6. The van der Waals surface area contributed by atoms with E-state index >= 15 is 0 Å². The number of amides is 2. The maximum Gasteiger partial charge on any atom is 0.248 e. The van der Waals surface area contributed by atoms with Gasteiger partial charge in [-0.2, -0.15) is 5.10 Å². The van der Waals surface area contributed by atoms with Gasteiger partial charge >= 0.3 is 0 Å². The fourth-order valence-corrected chi connectivity index (χ4v) is 11.5. The third-order valence-electron chi connectivity index (χ3n) is 14.2. The average molecular weight is 1010 g/mol. The number of carbonyl (C=O) groups is 2. The number of thiophene rings is 1. The molecule has 3 aromatic carbocycles. The van der Waals surface area contributed by atoms with Crippen LogP contribution in [0.15, 0.2) is 113 Å². The summed E-state index contributed by atoms with van der Waals surface area (Å²) in [6.07, 6.45) is 6.16. The summed E-state index contributed by atoms with van der Waals surface area (Å²) in [5.74, 6) is 2.48. The molecule has 4 aromatic heterocycles. The number of benzene rings is 3. The Morgan fingerprint density at radius 2 is 1.71 bits per heavy atom. The zero-order valence-electron chi connectivity index (χ0n) is 41.5. The molecule has 3 aliphatic rings. The summed E-state index contributed by atoms with van der Waals surface area (Å²) in [5.41, 5.74) is 9.10. The van der Waals surface area contributed by atoms with Crippen LogP contribution in [-0.2, 0) is 9.59 Å². The lowest BCUT2D eigenvalue weighted by molar-refractivity contribution is -0.137. The van der Waals surface area contributed by atoms with E-state index in [1.54, 1.807) is 27.1 Å². The van der Waals surface area contributed by atoms with Crippen LogP contribution in [0, 0.1) is 33.6 Å². The second-order valence-electron chi connectivity index (χ2n) is 19.7. The van der Waals surface area contributed by atoms with Crippen LogP contribution in [0.2, 0.25) is 5.02 Å². The van der Waals surface area contributed by atoms with Crippen molar-refractivity contribution in [2.45, 2.75) is 117 Å². The maximum atomic E-state index is 14.5. The number of halogens is 1. The Bertz CT molecular complexity index is 3180. The van der Waals surface area contributed by atoms with Crippen LogP contribution in [0.25, 0.3) is 27.5 Å². The third-order valence-corrected chi connectivity index (χ3v) is 15.7. The van der Waals surface area contributed by atoms with Gasteiger partial charge in [-0.25, -0.2) is 4.98 Å². The first-order valence-corrected chi connectivity index (χ1v) is 25.7. The van der Waals surface area contributed by atoms with Crippen molar-refractivity contribution in [2.24, 2.45) is 10.9 Å². The van der Waals surface area contributed by atoms with Crippen molar-refractivity contribution >= 4 is 40.5 Å². The number of nitrogens with zero attached hydrogens (tertiary/aromatic N) is 8. The molecule has 6 heterocycles. The molecule has 372 valence electrons. The van der Waals surface area contributed by atoms with Gasteiger partial charge < -0.3 is 29.8 Å². The van der Waals surface area contributed by atoms with Crippen LogP contribution >= 0.6 is 22.9 Å². The molecule has 2 fully saturated rings. The van der Waals surface area contributed by atoms with Gasteiger partial charge in [-0.3, -0.25) is 23.8 Å². The van der Waals surface area contributed by atoms with Gasteiger partial charge in [0.25, 0.3) is 0 Å². The molecule has 1 aliphatic carbocycles. The van der Waals surface area contributed by atoms with E-state index in [1.807, 2.05) is 114 Å². The monoisotopic (exact) mass is 1010 g/mol. The number of hydrogen-bond acceptors (Lipinski definition) is 12. The number of fused-ring (bicyclic) bond motifs is 3. The van der Waals surface area contributed by atoms with Crippen molar-refractivity contribution in [3.05, 3.63) is 153 Å². The quantitative estimate of drug-likeness (QED) is 0.0896. The fraction of sp³-hybridized carbons (Fsp3) is 0.364. The first kappa shape index (κ1) is 48.7. The van der Waals surface area contributed by atoms with Crippen LogP contribution in [-0.4, -0.2) is 87.9 Å². The van der Waals surface area contributed by atoms with Gasteiger partial charge in [0.1, 0.15) is 34.8 Å². The highest BCUT2D eigenvalue weighted by Crippen LogP contribution is 2.40. The van der Waals surface area contributed by atoms with Gasteiger partial charge in [0, 0.05) is 81.9 Å². The first-order valence-electron chi connectivity index (χ1n) is 24.5. The molecule has 0 spiro atoms. The molecule has 0 unspecified atom stereocenters. The van der Waals surface area contributed by atoms with Gasteiger partial charge in [-0.1, -0.05) is 80.6 Å². The molecule has 3 N–H and O–H groups in total. The number of aliphatic imine (C=N–C) groups is 1. The summed E-state index contributed by atoms with van der Waals surface area (Å²) >= 11 is 7.97. The van der Waals surface area contributed by atoms with Gasteiger partial charge in [0.15, 0.2) is 18.0 Å². The van der Waals surface area contributed by atoms with E-state index in [4.69, 9.17) is 30.8 Å². The number of aliphatic hydroxyl groups is 1. The number of β-amino-alcohol motifs (C(OH)–C–C–N with tert-alkyl or cyclic N) is 1. The topological polar surface area (TPSA) is 178 Å². The number of aryl methyl sites for hydroxylation is 3. The van der Waals surface area contributed by atoms with Gasteiger partial charge in [-0.15, -0.1) is 21.5 Å². The molecule has 17 heteroatoms. The number of nitrogens with one attached hydrogen (secondary N) is 2. The lowest BCUT2D eigenvalue weighted by Gasteiger charge is -2.36. The molecule has 72 heavy (non-hydrogen) atoms. The molecule has 0 bridgehead atoms. The molecular formula is C55H59ClN10O5S. The summed E-state index contributed by atoms with van der Waals surface area (Å²) in [4.78, 5) is 40.7. The lowest BCUT2D eigenvalue weighted by atomic mass is 9.89. The molecular weight excluding hydrogens is 948 g/mol. The van der Waals surface area contributed by atoms with Gasteiger partial charge in [0.05, 0.1) is 36.2 Å². The van der Waals surface area contributed by atoms with Crippen LogP contribution in [0.5, 0.6) is 5.75 Å². The summed E-state index contributed by atoms with van der Waals surface area (Å²) in [5, 5.41) is 33.0. The van der Waals surface area contributed by atoms with E-state index in [9.17, 15) is 14.7 Å². The number of aliphatic hydroxyl groups excluding tert-OH is 1. The van der Waals surface area contributed by atoms with Crippen molar-refractivity contribution in [3.63, 3.8) is 0 Å². The molecule has 15 nitrogen and oxygen atoms in total. The van der Waals surface area contributed by atoms with Crippen molar-refractivity contribution in [3.8, 4) is 33.2 Å². The number of carbonyl (C=O) groups excluding carboxylic acids is 2. The molecule has 5 atom stereocenters. The molecule has 10 rings (SSSR count). The van der Waals surface area contributed by atoms with Crippen molar-refractivity contribution in [1.82, 2.24) is 45.1 Å². The highest BCUT2D eigenvalue weighted by molar-refractivity contribution is 7.15. The number of ether oxygens (including phenoxy) is 1. The standard InChI is InChI=1S/C55H59ClN10O5S/c1-29(2)51(54(69)64-27-43(67)23-47(64)32(5)59-31(4)36-12-14-38(15-13-36)52-33(6)57-28-70-52)65-26-40(25-58-65)39-10-9-11-44(20-39)71-45-21-42(22-45)60-48(68)24-46-53-63-62-35(8)66(53)55-49(30(3)34(7)72-55)50(61-46)37-16-18-41(56)19-17-37/h9-20,25-26,28-29,31,42-43,45-47,51,59,67H,5,21-24,27H2,1-4,6-8H3,(H,60,68)/t31-,42-,43+,45+,46-,47-,51-/m0/s1. The maximum absolute atomic E-state index is 14.5. The highest BCUT2D eigenvalue weighted by Gasteiger charge is 2.41. The van der Waals surface area contributed by atoms with E-state index in [0.717, 1.165) is 66.9 Å². The van der Waals surface area contributed by atoms with E-state index in [0.29, 0.717) is 41.6 Å². The molecule has 1 saturated heterocycles. The SMILES string of the molecule is C=C(N[C@@H](C)c1ccc(-c2ocnc2C)cc1)[C@@H]1C[C@@H](O)CN1C(=O)[C@H](C(C)C)n1cc(-c2cccc(O[C@H]3C[C@@H](NC(=O)C[C@@H]4N=C(c5ccc(Cl)cc5)c5c(sc(C)c5C)-n5c(C)nnc54)C3)c2)cn1. The first-order chi connectivity index (χ1) is 34.6. The fourth-order valence-electron chi connectivity index (χ4n) is 10.2.